The molecule has 0 radical (unpaired) electrons. The summed E-state index contributed by atoms with van der Waals surface area (Å²) in [5, 5.41) is 6.56. The molecule has 0 atom stereocenters. The summed E-state index contributed by atoms with van der Waals surface area (Å²) in [6.07, 6.45) is 2.67. The van der Waals surface area contributed by atoms with Gasteiger partial charge in [0.25, 0.3) is 0 Å². The van der Waals surface area contributed by atoms with Gasteiger partial charge in [0.15, 0.2) is 0 Å². The minimum absolute atomic E-state index is 0.193. The van der Waals surface area contributed by atoms with Crippen molar-refractivity contribution in [2.75, 3.05) is 11.9 Å². The summed E-state index contributed by atoms with van der Waals surface area (Å²) in [6.45, 7) is 0.785. The Morgan fingerprint density at radius 1 is 1.11 bits per heavy atom. The average molecular weight is 272 g/mol. The van der Waals surface area contributed by atoms with Gasteiger partial charge in [-0.05, 0) is 41.6 Å². The van der Waals surface area contributed by atoms with Crippen LogP contribution in [-0.2, 0) is 6.42 Å². The van der Waals surface area contributed by atoms with E-state index < -0.39 is 0 Å². The molecule has 4 heteroatoms. The number of hydrogen-bond donors (Lipinski definition) is 1. The molecule has 0 saturated carbocycles. The molecule has 3 rings (SSSR count). The lowest BCUT2D eigenvalue weighted by molar-refractivity contribution is 0.627. The van der Waals surface area contributed by atoms with Crippen LogP contribution in [0.2, 0.25) is 0 Å². The molecular formula is C15H13FN2S. The van der Waals surface area contributed by atoms with Crippen LogP contribution in [0.4, 0.5) is 10.2 Å². The van der Waals surface area contributed by atoms with E-state index in [9.17, 15) is 4.39 Å². The van der Waals surface area contributed by atoms with Crippen LogP contribution < -0.4 is 5.32 Å². The number of aromatic nitrogens is 1. The molecule has 0 amide bonds. The molecule has 0 spiro atoms. The smallest absolute Gasteiger partial charge is 0.134 e. The Bertz CT molecular complexity index is 676. The number of rotatable bonds is 4. The van der Waals surface area contributed by atoms with Crippen molar-refractivity contribution >= 4 is 27.2 Å². The summed E-state index contributed by atoms with van der Waals surface area (Å²) >= 11 is 1.71. The molecule has 2 aromatic heterocycles. The summed E-state index contributed by atoms with van der Waals surface area (Å²) in [6, 6.07) is 10.7. The summed E-state index contributed by atoms with van der Waals surface area (Å²) in [4.78, 5) is 4.36. The molecule has 0 aliphatic rings. The zero-order valence-electron chi connectivity index (χ0n) is 10.3. The highest BCUT2D eigenvalue weighted by atomic mass is 32.1. The first-order valence-electron chi connectivity index (χ1n) is 6.13. The van der Waals surface area contributed by atoms with Crippen LogP contribution in [-0.4, -0.2) is 11.5 Å². The third kappa shape index (κ3) is 2.74. The topological polar surface area (TPSA) is 24.9 Å². The molecule has 0 bridgehead atoms. The lowest BCUT2D eigenvalue weighted by atomic mass is 10.1. The lowest BCUT2D eigenvalue weighted by Crippen LogP contribution is -2.06. The van der Waals surface area contributed by atoms with E-state index in [4.69, 9.17) is 0 Å². The van der Waals surface area contributed by atoms with Gasteiger partial charge in [0, 0.05) is 22.8 Å². The number of pyridine rings is 1. The molecule has 2 heterocycles. The Hall–Kier alpha value is -1.94. The summed E-state index contributed by atoms with van der Waals surface area (Å²) in [7, 11) is 0. The number of benzene rings is 1. The summed E-state index contributed by atoms with van der Waals surface area (Å²) in [5.41, 5.74) is 1.12. The van der Waals surface area contributed by atoms with Crippen LogP contribution in [0.3, 0.4) is 0 Å². The largest absolute Gasteiger partial charge is 0.369 e. The second kappa shape index (κ2) is 5.36. The molecule has 19 heavy (non-hydrogen) atoms. The number of anilines is 1. The van der Waals surface area contributed by atoms with E-state index in [-0.39, 0.29) is 5.82 Å². The molecule has 0 aliphatic heterocycles. The second-order valence-electron chi connectivity index (χ2n) is 4.30. The number of hydrogen-bond acceptors (Lipinski definition) is 3. The molecular weight excluding hydrogens is 259 g/mol. The Morgan fingerprint density at radius 3 is 2.79 bits per heavy atom. The van der Waals surface area contributed by atoms with Crippen molar-refractivity contribution < 1.29 is 4.39 Å². The van der Waals surface area contributed by atoms with Crippen LogP contribution in [0.15, 0.2) is 48.0 Å². The zero-order chi connectivity index (χ0) is 13.1. The predicted octanol–water partition coefficient (Wildman–Crippen LogP) is 4.09. The minimum atomic E-state index is -0.193. The first-order valence-corrected chi connectivity index (χ1v) is 7.01. The number of nitrogens with zero attached hydrogens (tertiary/aromatic N) is 1. The van der Waals surface area contributed by atoms with Gasteiger partial charge < -0.3 is 5.32 Å². The Labute approximate surface area is 114 Å². The molecule has 0 aliphatic carbocycles. The van der Waals surface area contributed by atoms with E-state index in [1.54, 1.807) is 11.3 Å². The van der Waals surface area contributed by atoms with Crippen LogP contribution in [0.5, 0.6) is 0 Å². The Balaban J connectivity index is 1.66. The van der Waals surface area contributed by atoms with Crippen molar-refractivity contribution in [1.82, 2.24) is 4.98 Å². The zero-order valence-corrected chi connectivity index (χ0v) is 11.1. The maximum absolute atomic E-state index is 12.8. The molecule has 0 saturated heterocycles. The van der Waals surface area contributed by atoms with Crippen molar-refractivity contribution in [3.05, 3.63) is 59.4 Å². The van der Waals surface area contributed by atoms with Crippen LogP contribution in [0.25, 0.3) is 10.1 Å². The molecule has 2 nitrogen and oxygen atoms in total. The number of nitrogens with one attached hydrogen (secondary N) is 1. The van der Waals surface area contributed by atoms with E-state index in [2.05, 4.69) is 21.7 Å². The van der Waals surface area contributed by atoms with Gasteiger partial charge in [0.2, 0.25) is 0 Å². The van der Waals surface area contributed by atoms with E-state index in [1.165, 1.54) is 16.8 Å². The molecule has 3 aromatic rings. The fraction of sp³-hybridized carbons (Fsp3) is 0.133. The highest BCUT2D eigenvalue weighted by molar-refractivity contribution is 7.17. The highest BCUT2D eigenvalue weighted by Crippen LogP contribution is 2.25. The third-order valence-electron chi connectivity index (χ3n) is 3.00. The minimum Gasteiger partial charge on any atom is -0.369 e. The maximum Gasteiger partial charge on any atom is 0.134 e. The maximum atomic E-state index is 12.8. The Morgan fingerprint density at radius 2 is 1.95 bits per heavy atom. The number of fused-ring (bicyclic) bond motifs is 1. The predicted molar refractivity (Wildman–Crippen MR) is 78.2 cm³/mol. The van der Waals surface area contributed by atoms with Gasteiger partial charge in [0.1, 0.15) is 11.6 Å². The molecule has 96 valence electrons. The normalized spacial score (nSPS) is 10.8. The molecule has 1 aromatic carbocycles. The fourth-order valence-corrected chi connectivity index (χ4v) is 2.79. The van der Waals surface area contributed by atoms with Crippen LogP contribution in [0.1, 0.15) is 5.56 Å². The second-order valence-corrected chi connectivity index (χ2v) is 5.24. The number of thiophene rings is 1. The van der Waals surface area contributed by atoms with Gasteiger partial charge in [0.05, 0.1) is 0 Å². The van der Waals surface area contributed by atoms with Crippen molar-refractivity contribution in [3.63, 3.8) is 0 Å². The monoisotopic (exact) mass is 272 g/mol. The van der Waals surface area contributed by atoms with Gasteiger partial charge >= 0.3 is 0 Å². The van der Waals surface area contributed by atoms with E-state index in [0.29, 0.717) is 0 Å². The van der Waals surface area contributed by atoms with Gasteiger partial charge in [-0.15, -0.1) is 11.3 Å². The molecule has 0 unspecified atom stereocenters. The molecule has 1 N–H and O–H groups in total. The first-order chi connectivity index (χ1) is 9.33. The first kappa shape index (κ1) is 12.1. The average Bonchev–Trinajstić information content (AvgIpc) is 2.90. The summed E-state index contributed by atoms with van der Waals surface area (Å²) < 4.78 is 14.0. The van der Waals surface area contributed by atoms with Gasteiger partial charge in [-0.3, -0.25) is 0 Å². The third-order valence-corrected chi connectivity index (χ3v) is 3.88. The Kier molecular flexibility index (Phi) is 3.42. The molecule has 0 fully saturated rings. The lowest BCUT2D eigenvalue weighted by Gasteiger charge is -2.06. The van der Waals surface area contributed by atoms with Gasteiger partial charge in [-0.2, -0.15) is 0 Å². The summed E-state index contributed by atoms with van der Waals surface area (Å²) in [5.74, 6) is 0.724. The van der Waals surface area contributed by atoms with Crippen molar-refractivity contribution in [3.8, 4) is 0 Å². The van der Waals surface area contributed by atoms with Crippen LogP contribution in [0, 0.1) is 5.82 Å². The highest BCUT2D eigenvalue weighted by Gasteiger charge is 2.02. The van der Waals surface area contributed by atoms with Crippen molar-refractivity contribution in [1.29, 1.82) is 0 Å². The van der Waals surface area contributed by atoms with E-state index >= 15 is 0 Å². The number of halogens is 1. The van der Waals surface area contributed by atoms with Crippen molar-refractivity contribution in [2.24, 2.45) is 0 Å². The van der Waals surface area contributed by atoms with Crippen molar-refractivity contribution in [2.45, 2.75) is 6.42 Å². The van der Waals surface area contributed by atoms with Gasteiger partial charge in [-0.25, -0.2) is 9.37 Å². The van der Waals surface area contributed by atoms with Crippen LogP contribution >= 0.6 is 11.3 Å². The van der Waals surface area contributed by atoms with E-state index in [1.807, 2.05) is 24.4 Å². The standard InChI is InChI=1S/C15H13FN2S/c16-12-3-1-11(2-4-12)5-8-17-15-13-7-10-19-14(13)6-9-18-15/h1-4,6-7,9-10H,5,8H2,(H,17,18). The fourth-order valence-electron chi connectivity index (χ4n) is 2.01. The quantitative estimate of drug-likeness (QED) is 0.773. The van der Waals surface area contributed by atoms with Gasteiger partial charge in [-0.1, -0.05) is 12.1 Å². The SMILES string of the molecule is Fc1ccc(CCNc2nccc3sccc23)cc1. The van der Waals surface area contributed by atoms with E-state index in [0.717, 1.165) is 29.7 Å².